The minimum atomic E-state index is -0.346. The van der Waals surface area contributed by atoms with Gasteiger partial charge in [0.05, 0.1) is 19.2 Å². The van der Waals surface area contributed by atoms with Gasteiger partial charge in [0.25, 0.3) is 5.91 Å². The average molecular weight is 355 g/mol. The van der Waals surface area contributed by atoms with E-state index in [2.05, 4.69) is 12.2 Å². The van der Waals surface area contributed by atoms with E-state index in [-0.39, 0.29) is 11.9 Å². The van der Waals surface area contributed by atoms with E-state index in [9.17, 15) is 9.59 Å². The molecule has 0 saturated heterocycles. The third-order valence-corrected chi connectivity index (χ3v) is 4.24. The molecule has 0 fully saturated rings. The monoisotopic (exact) mass is 355 g/mol. The van der Waals surface area contributed by atoms with Crippen LogP contribution in [-0.2, 0) is 16.1 Å². The van der Waals surface area contributed by atoms with Crippen molar-refractivity contribution in [2.45, 2.75) is 26.8 Å². The molecule has 0 radical (unpaired) electrons. The molecule has 0 saturated carbocycles. The Hall–Kier alpha value is -2.66. The summed E-state index contributed by atoms with van der Waals surface area (Å²) in [7, 11) is 1.37. The van der Waals surface area contributed by atoms with Gasteiger partial charge in [-0.25, -0.2) is 4.79 Å². The Morgan fingerprint density at radius 3 is 2.58 bits per heavy atom. The van der Waals surface area contributed by atoms with Crippen molar-refractivity contribution in [3.63, 3.8) is 0 Å². The third kappa shape index (κ3) is 5.70. The second kappa shape index (κ2) is 9.73. The largest absolute Gasteiger partial charge is 0.465 e. The van der Waals surface area contributed by atoms with Crippen LogP contribution in [0.3, 0.4) is 0 Å². The minimum absolute atomic E-state index is 0.00753. The van der Waals surface area contributed by atoms with Crippen LogP contribution in [-0.4, -0.2) is 32.1 Å². The maximum absolute atomic E-state index is 12.5. The van der Waals surface area contributed by atoms with Gasteiger partial charge in [-0.15, -0.1) is 0 Å². The zero-order chi connectivity index (χ0) is 18.9. The zero-order valence-electron chi connectivity index (χ0n) is 15.7. The molecule has 0 spiro atoms. The van der Waals surface area contributed by atoms with E-state index in [0.29, 0.717) is 18.7 Å². The smallest absolute Gasteiger partial charge is 0.337 e. The first-order valence-electron chi connectivity index (χ1n) is 8.89. The quantitative estimate of drug-likeness (QED) is 0.714. The highest BCUT2D eigenvalue weighted by atomic mass is 16.5. The lowest BCUT2D eigenvalue weighted by atomic mass is 10.1. The molecule has 5 heteroatoms. The number of benzene rings is 2. The molecule has 26 heavy (non-hydrogen) atoms. The molecule has 2 aromatic carbocycles. The fraction of sp³-hybridized carbons (Fsp3) is 0.333. The molecule has 0 aromatic heterocycles. The second-order valence-electron chi connectivity index (χ2n) is 6.41. The number of esters is 1. The fourth-order valence-corrected chi connectivity index (χ4v) is 2.94. The molecular formula is C21H27N2O3+. The predicted octanol–water partition coefficient (Wildman–Crippen LogP) is 2.22. The standard InChI is InChI=1S/C21H26N2O3/c1-4-12-23(14-17-9-7-10-18(13-17)21(25)26-3)15-20(24)22-19-11-6-5-8-16(19)2/h5-11,13H,4,12,14-15H2,1-3H3,(H,22,24)/p+1. The lowest BCUT2D eigenvalue weighted by Crippen LogP contribution is -3.11. The van der Waals surface area contributed by atoms with Gasteiger partial charge in [-0.2, -0.15) is 0 Å². The van der Waals surface area contributed by atoms with Crippen molar-refractivity contribution in [2.24, 2.45) is 0 Å². The van der Waals surface area contributed by atoms with Gasteiger partial charge in [0.1, 0.15) is 6.54 Å². The molecule has 2 aromatic rings. The van der Waals surface area contributed by atoms with Crippen molar-refractivity contribution >= 4 is 17.6 Å². The Labute approximate surface area is 155 Å². The molecule has 1 unspecified atom stereocenters. The van der Waals surface area contributed by atoms with Crippen LogP contribution >= 0.6 is 0 Å². The number of carbonyl (C=O) groups excluding carboxylic acids is 2. The first-order chi connectivity index (χ1) is 12.5. The fourth-order valence-electron chi connectivity index (χ4n) is 2.94. The maximum atomic E-state index is 12.5. The van der Waals surface area contributed by atoms with Crippen molar-refractivity contribution in [2.75, 3.05) is 25.5 Å². The number of carbonyl (C=O) groups is 2. The molecule has 138 valence electrons. The van der Waals surface area contributed by atoms with Gasteiger partial charge >= 0.3 is 5.97 Å². The highest BCUT2D eigenvalue weighted by molar-refractivity contribution is 5.92. The number of para-hydroxylation sites is 1. The number of amides is 1. The molecule has 1 atom stereocenters. The van der Waals surface area contributed by atoms with E-state index in [1.807, 2.05) is 49.4 Å². The van der Waals surface area contributed by atoms with Crippen LogP contribution in [0.5, 0.6) is 0 Å². The van der Waals surface area contributed by atoms with E-state index < -0.39 is 0 Å². The Bertz CT molecular complexity index is 758. The topological polar surface area (TPSA) is 59.8 Å². The number of hydrogen-bond donors (Lipinski definition) is 2. The minimum Gasteiger partial charge on any atom is -0.465 e. The number of ether oxygens (including phenoxy) is 1. The summed E-state index contributed by atoms with van der Waals surface area (Å²) in [5.41, 5.74) is 3.44. The van der Waals surface area contributed by atoms with Gasteiger partial charge in [0.2, 0.25) is 0 Å². The normalized spacial score (nSPS) is 11.7. The zero-order valence-corrected chi connectivity index (χ0v) is 15.7. The number of anilines is 1. The molecule has 0 heterocycles. The third-order valence-electron chi connectivity index (χ3n) is 4.24. The summed E-state index contributed by atoms with van der Waals surface area (Å²) in [5, 5.41) is 2.99. The second-order valence-corrected chi connectivity index (χ2v) is 6.41. The molecule has 0 aliphatic rings. The van der Waals surface area contributed by atoms with E-state index in [1.165, 1.54) is 7.11 Å². The van der Waals surface area contributed by atoms with Crippen molar-refractivity contribution in [1.82, 2.24) is 0 Å². The van der Waals surface area contributed by atoms with Gasteiger partial charge in [-0.1, -0.05) is 37.3 Å². The Morgan fingerprint density at radius 2 is 1.88 bits per heavy atom. The first kappa shape index (κ1) is 19.7. The maximum Gasteiger partial charge on any atom is 0.337 e. The summed E-state index contributed by atoms with van der Waals surface area (Å²) in [6.45, 7) is 6.02. The molecule has 0 bridgehead atoms. The van der Waals surface area contributed by atoms with Crippen LogP contribution in [0.4, 0.5) is 5.69 Å². The first-order valence-corrected chi connectivity index (χ1v) is 8.89. The van der Waals surface area contributed by atoms with E-state index in [1.54, 1.807) is 6.07 Å². The molecule has 0 aliphatic heterocycles. The van der Waals surface area contributed by atoms with Crippen molar-refractivity contribution in [3.8, 4) is 0 Å². The van der Waals surface area contributed by atoms with Crippen LogP contribution in [0.1, 0.15) is 34.8 Å². The predicted molar refractivity (Wildman–Crippen MR) is 102 cm³/mol. The van der Waals surface area contributed by atoms with Crippen LogP contribution < -0.4 is 10.2 Å². The molecule has 0 aliphatic carbocycles. The van der Waals surface area contributed by atoms with Gasteiger partial charge in [-0.3, -0.25) is 4.79 Å². The van der Waals surface area contributed by atoms with Crippen LogP contribution in [0, 0.1) is 6.92 Å². The lowest BCUT2D eigenvalue weighted by molar-refractivity contribution is -0.905. The van der Waals surface area contributed by atoms with Crippen molar-refractivity contribution < 1.29 is 19.2 Å². The summed E-state index contributed by atoms with van der Waals surface area (Å²) in [4.78, 5) is 25.3. The number of nitrogens with one attached hydrogen (secondary N) is 2. The molecule has 2 N–H and O–H groups in total. The van der Waals surface area contributed by atoms with Gasteiger partial charge < -0.3 is 15.0 Å². The van der Waals surface area contributed by atoms with Crippen molar-refractivity contribution in [3.05, 3.63) is 65.2 Å². The molecule has 5 nitrogen and oxygen atoms in total. The van der Waals surface area contributed by atoms with E-state index in [0.717, 1.165) is 34.7 Å². The van der Waals surface area contributed by atoms with Crippen molar-refractivity contribution in [1.29, 1.82) is 0 Å². The summed E-state index contributed by atoms with van der Waals surface area (Å²) in [6, 6.07) is 15.1. The van der Waals surface area contributed by atoms with Gasteiger partial charge in [0.15, 0.2) is 6.54 Å². The number of aryl methyl sites for hydroxylation is 1. The summed E-state index contributed by atoms with van der Waals surface area (Å²) < 4.78 is 4.78. The Morgan fingerprint density at radius 1 is 1.12 bits per heavy atom. The number of quaternary nitrogens is 1. The van der Waals surface area contributed by atoms with E-state index in [4.69, 9.17) is 4.74 Å². The number of methoxy groups -OCH3 is 1. The van der Waals surface area contributed by atoms with Crippen LogP contribution in [0.2, 0.25) is 0 Å². The summed E-state index contributed by atoms with van der Waals surface area (Å²) >= 11 is 0. The molecule has 1 amide bonds. The number of hydrogen-bond acceptors (Lipinski definition) is 3. The summed E-state index contributed by atoms with van der Waals surface area (Å²) in [5.74, 6) is -0.354. The van der Waals surface area contributed by atoms with Gasteiger partial charge in [-0.05, 0) is 37.1 Å². The SMILES string of the molecule is CCC[NH+](CC(=O)Nc1ccccc1C)Cc1cccc(C(=O)OC)c1. The Kier molecular flexibility index (Phi) is 7.36. The summed E-state index contributed by atoms with van der Waals surface area (Å²) in [6.07, 6.45) is 0.976. The van der Waals surface area contributed by atoms with E-state index >= 15 is 0 Å². The molecular weight excluding hydrogens is 328 g/mol. The highest BCUT2D eigenvalue weighted by Crippen LogP contribution is 2.12. The van der Waals surface area contributed by atoms with Crippen LogP contribution in [0.25, 0.3) is 0 Å². The Balaban J connectivity index is 2.03. The lowest BCUT2D eigenvalue weighted by Gasteiger charge is -2.19. The molecule has 2 rings (SSSR count). The van der Waals surface area contributed by atoms with Gasteiger partial charge in [0, 0.05) is 11.3 Å². The highest BCUT2D eigenvalue weighted by Gasteiger charge is 2.16. The van der Waals surface area contributed by atoms with Crippen LogP contribution in [0.15, 0.2) is 48.5 Å². The number of rotatable bonds is 8. The average Bonchev–Trinajstić information content (AvgIpc) is 2.63.